The predicted molar refractivity (Wildman–Crippen MR) is 115 cm³/mol. The Balaban J connectivity index is 1.52. The van der Waals surface area contributed by atoms with Crippen LogP contribution in [0.4, 0.5) is 0 Å². The number of likely N-dealkylation sites (N-methyl/N-ethyl adjacent to an activating group) is 1. The molecule has 0 aliphatic carbocycles. The van der Waals surface area contributed by atoms with Gasteiger partial charge >= 0.3 is 0 Å². The SMILES string of the molecule is CN1CCN(CC(NC(=O)c2ccc(-c3ccco3)[nH]c2=O)c2ccccc2)CC1. The van der Waals surface area contributed by atoms with E-state index in [1.807, 2.05) is 30.3 Å². The molecule has 0 radical (unpaired) electrons. The van der Waals surface area contributed by atoms with Crippen molar-refractivity contribution in [1.82, 2.24) is 20.1 Å². The van der Waals surface area contributed by atoms with Gasteiger partial charge in [0, 0.05) is 32.7 Å². The number of nitrogens with one attached hydrogen (secondary N) is 2. The zero-order valence-corrected chi connectivity index (χ0v) is 17.0. The van der Waals surface area contributed by atoms with Crippen LogP contribution in [-0.4, -0.2) is 60.5 Å². The summed E-state index contributed by atoms with van der Waals surface area (Å²) < 4.78 is 5.31. The molecule has 1 atom stereocenters. The highest BCUT2D eigenvalue weighted by atomic mass is 16.3. The fraction of sp³-hybridized carbons (Fsp3) is 0.304. The number of pyridine rings is 1. The molecular formula is C23H26N4O3. The molecule has 1 aliphatic heterocycles. The van der Waals surface area contributed by atoms with Crippen molar-refractivity contribution in [2.75, 3.05) is 39.8 Å². The van der Waals surface area contributed by atoms with Gasteiger partial charge in [-0.1, -0.05) is 30.3 Å². The summed E-state index contributed by atoms with van der Waals surface area (Å²) in [7, 11) is 2.12. The molecule has 30 heavy (non-hydrogen) atoms. The molecule has 1 aromatic carbocycles. The molecule has 7 nitrogen and oxygen atoms in total. The average Bonchev–Trinajstić information content (AvgIpc) is 3.30. The molecule has 1 saturated heterocycles. The number of hydrogen-bond donors (Lipinski definition) is 2. The Morgan fingerprint density at radius 1 is 1.07 bits per heavy atom. The summed E-state index contributed by atoms with van der Waals surface area (Å²) in [5.41, 5.74) is 1.21. The molecule has 7 heteroatoms. The fourth-order valence-electron chi connectivity index (χ4n) is 3.67. The second-order valence-electron chi connectivity index (χ2n) is 7.63. The van der Waals surface area contributed by atoms with E-state index in [1.165, 1.54) is 6.26 Å². The number of carbonyl (C=O) groups excluding carboxylic acids is 1. The minimum atomic E-state index is -0.437. The first-order valence-corrected chi connectivity index (χ1v) is 10.1. The summed E-state index contributed by atoms with van der Waals surface area (Å²) in [5, 5.41) is 3.07. The molecule has 2 aromatic heterocycles. The number of rotatable bonds is 6. The van der Waals surface area contributed by atoms with Gasteiger partial charge in [-0.3, -0.25) is 14.5 Å². The normalized spacial score (nSPS) is 16.3. The van der Waals surface area contributed by atoms with Gasteiger partial charge in [0.05, 0.1) is 18.0 Å². The summed E-state index contributed by atoms with van der Waals surface area (Å²) in [5.74, 6) is 0.168. The summed E-state index contributed by atoms with van der Waals surface area (Å²) in [6.07, 6.45) is 1.54. The Hall–Kier alpha value is -3.16. The van der Waals surface area contributed by atoms with E-state index < -0.39 is 5.56 Å². The van der Waals surface area contributed by atoms with Gasteiger partial charge < -0.3 is 19.6 Å². The lowest BCUT2D eigenvalue weighted by atomic mass is 10.1. The lowest BCUT2D eigenvalue weighted by molar-refractivity contribution is 0.0905. The van der Waals surface area contributed by atoms with E-state index in [9.17, 15) is 9.59 Å². The van der Waals surface area contributed by atoms with Gasteiger partial charge in [0.2, 0.25) is 0 Å². The van der Waals surface area contributed by atoms with Crippen molar-refractivity contribution in [2.24, 2.45) is 0 Å². The molecule has 1 amide bonds. The Morgan fingerprint density at radius 3 is 2.50 bits per heavy atom. The molecule has 3 heterocycles. The maximum absolute atomic E-state index is 13.0. The second-order valence-corrected chi connectivity index (χ2v) is 7.63. The molecular weight excluding hydrogens is 380 g/mol. The van der Waals surface area contributed by atoms with Crippen molar-refractivity contribution >= 4 is 5.91 Å². The highest BCUT2D eigenvalue weighted by Gasteiger charge is 2.23. The number of hydrogen-bond acceptors (Lipinski definition) is 5. The van der Waals surface area contributed by atoms with E-state index in [-0.39, 0.29) is 17.5 Å². The second kappa shape index (κ2) is 9.11. The van der Waals surface area contributed by atoms with Gasteiger partial charge in [-0.15, -0.1) is 0 Å². The number of aromatic nitrogens is 1. The average molecular weight is 406 g/mol. The number of furan rings is 1. The number of H-pyrrole nitrogens is 1. The van der Waals surface area contributed by atoms with Crippen LogP contribution in [0.1, 0.15) is 22.0 Å². The molecule has 0 saturated carbocycles. The van der Waals surface area contributed by atoms with Crippen molar-refractivity contribution in [3.05, 3.63) is 82.3 Å². The van der Waals surface area contributed by atoms with Crippen LogP contribution in [0.15, 0.2) is 70.1 Å². The van der Waals surface area contributed by atoms with Crippen LogP contribution in [0, 0.1) is 0 Å². The number of amides is 1. The van der Waals surface area contributed by atoms with Crippen LogP contribution in [0.25, 0.3) is 11.5 Å². The van der Waals surface area contributed by atoms with Crippen LogP contribution in [0.3, 0.4) is 0 Å². The standard InChI is InChI=1S/C23H26N4O3/c1-26-11-13-27(14-12-26)16-20(17-6-3-2-4-7-17)25-23(29)18-9-10-19(24-22(18)28)21-8-5-15-30-21/h2-10,15,20H,11-14,16H2,1H3,(H,24,28)(H,25,29). The minimum absolute atomic E-state index is 0.0876. The Morgan fingerprint density at radius 2 is 1.83 bits per heavy atom. The van der Waals surface area contributed by atoms with Crippen LogP contribution in [0.5, 0.6) is 0 Å². The summed E-state index contributed by atoms with van der Waals surface area (Å²) >= 11 is 0. The van der Waals surface area contributed by atoms with Gasteiger partial charge in [-0.2, -0.15) is 0 Å². The maximum Gasteiger partial charge on any atom is 0.261 e. The summed E-state index contributed by atoms with van der Waals surface area (Å²) in [6.45, 7) is 4.61. The van der Waals surface area contributed by atoms with Crippen LogP contribution in [0.2, 0.25) is 0 Å². The van der Waals surface area contributed by atoms with E-state index >= 15 is 0 Å². The summed E-state index contributed by atoms with van der Waals surface area (Å²) in [6, 6.07) is 16.4. The van der Waals surface area contributed by atoms with Crippen molar-refractivity contribution in [3.8, 4) is 11.5 Å². The van der Waals surface area contributed by atoms with E-state index in [1.54, 1.807) is 24.3 Å². The van der Waals surface area contributed by atoms with Crippen molar-refractivity contribution in [3.63, 3.8) is 0 Å². The van der Waals surface area contributed by atoms with Crippen molar-refractivity contribution in [1.29, 1.82) is 0 Å². The molecule has 4 rings (SSSR count). The molecule has 1 unspecified atom stereocenters. The molecule has 0 bridgehead atoms. The topological polar surface area (TPSA) is 81.6 Å². The van der Waals surface area contributed by atoms with E-state index in [0.29, 0.717) is 18.0 Å². The molecule has 2 N–H and O–H groups in total. The Kier molecular flexibility index (Phi) is 6.11. The first kappa shape index (κ1) is 20.1. The third-order valence-electron chi connectivity index (χ3n) is 5.48. The highest BCUT2D eigenvalue weighted by Crippen LogP contribution is 2.18. The number of piperazine rings is 1. The molecule has 1 fully saturated rings. The lowest BCUT2D eigenvalue weighted by Gasteiger charge is -2.35. The monoisotopic (exact) mass is 406 g/mol. The number of nitrogens with zero attached hydrogens (tertiary/aromatic N) is 2. The van der Waals surface area contributed by atoms with E-state index in [0.717, 1.165) is 31.7 Å². The maximum atomic E-state index is 13.0. The largest absolute Gasteiger partial charge is 0.463 e. The van der Waals surface area contributed by atoms with Gasteiger partial charge in [-0.25, -0.2) is 0 Å². The smallest absolute Gasteiger partial charge is 0.261 e. The minimum Gasteiger partial charge on any atom is -0.463 e. The number of carbonyl (C=O) groups is 1. The molecule has 3 aromatic rings. The zero-order chi connectivity index (χ0) is 20.9. The Labute approximate surface area is 175 Å². The van der Waals surface area contributed by atoms with Gasteiger partial charge in [0.1, 0.15) is 11.3 Å². The van der Waals surface area contributed by atoms with Crippen LogP contribution in [-0.2, 0) is 0 Å². The van der Waals surface area contributed by atoms with Crippen LogP contribution >= 0.6 is 0 Å². The molecule has 1 aliphatic rings. The summed E-state index contributed by atoms with van der Waals surface area (Å²) in [4.78, 5) is 32.9. The third-order valence-corrected chi connectivity index (χ3v) is 5.48. The van der Waals surface area contributed by atoms with Crippen molar-refractivity contribution < 1.29 is 9.21 Å². The lowest BCUT2D eigenvalue weighted by Crippen LogP contribution is -2.48. The van der Waals surface area contributed by atoms with Crippen LogP contribution < -0.4 is 10.9 Å². The van der Waals surface area contributed by atoms with Gasteiger partial charge in [0.15, 0.2) is 0 Å². The van der Waals surface area contributed by atoms with E-state index in [2.05, 4.69) is 27.1 Å². The number of benzene rings is 1. The highest BCUT2D eigenvalue weighted by molar-refractivity contribution is 5.94. The van der Waals surface area contributed by atoms with E-state index in [4.69, 9.17) is 4.42 Å². The molecule has 0 spiro atoms. The first-order valence-electron chi connectivity index (χ1n) is 10.1. The quantitative estimate of drug-likeness (QED) is 0.657. The van der Waals surface area contributed by atoms with Gasteiger partial charge in [0.25, 0.3) is 11.5 Å². The predicted octanol–water partition coefficient (Wildman–Crippen LogP) is 2.35. The Bertz CT molecular complexity index is 1020. The van der Waals surface area contributed by atoms with Gasteiger partial charge in [-0.05, 0) is 36.9 Å². The zero-order valence-electron chi connectivity index (χ0n) is 17.0. The van der Waals surface area contributed by atoms with Crippen molar-refractivity contribution in [2.45, 2.75) is 6.04 Å². The fourth-order valence-corrected chi connectivity index (χ4v) is 3.67. The molecule has 156 valence electrons. The third kappa shape index (κ3) is 4.69. The first-order chi connectivity index (χ1) is 14.6. The number of aromatic amines is 1.